The van der Waals surface area contributed by atoms with Gasteiger partial charge in [0.2, 0.25) is 5.91 Å². The summed E-state index contributed by atoms with van der Waals surface area (Å²) in [5.74, 6) is -0.0911. The Kier molecular flexibility index (Phi) is 5.36. The number of rotatable bonds is 3. The van der Waals surface area contributed by atoms with Crippen LogP contribution in [-0.4, -0.2) is 37.0 Å². The Morgan fingerprint density at radius 3 is 2.38 bits per heavy atom. The average molecular weight is 347 g/mol. The third-order valence-corrected chi connectivity index (χ3v) is 4.56. The maximum Gasteiger partial charge on any atom is 0.227 e. The highest BCUT2D eigenvalue weighted by Crippen LogP contribution is 2.18. The first kappa shape index (κ1) is 16.8. The number of benzene rings is 2. The van der Waals surface area contributed by atoms with Crippen LogP contribution in [0.3, 0.4) is 0 Å². The van der Waals surface area contributed by atoms with Gasteiger partial charge in [-0.3, -0.25) is 4.79 Å². The standard InChI is InChI=1S/C19H20ClFN2O/c20-16-4-2-15(3-5-16)14-19(24)23-11-1-10-22(12-13-23)18-8-6-17(21)7-9-18/h2-9H,1,10-14H2. The predicted molar refractivity (Wildman–Crippen MR) is 95.0 cm³/mol. The van der Waals surface area contributed by atoms with Crippen LogP contribution in [0.5, 0.6) is 0 Å². The fraction of sp³-hybridized carbons (Fsp3) is 0.316. The summed E-state index contributed by atoms with van der Waals surface area (Å²) in [6, 6.07) is 13.9. The van der Waals surface area contributed by atoms with Crippen LogP contribution < -0.4 is 4.90 Å². The Balaban J connectivity index is 1.59. The van der Waals surface area contributed by atoms with Gasteiger partial charge in [-0.05, 0) is 48.4 Å². The number of anilines is 1. The van der Waals surface area contributed by atoms with E-state index in [0.717, 1.165) is 37.3 Å². The first-order valence-electron chi connectivity index (χ1n) is 8.14. The molecule has 0 unspecified atom stereocenters. The summed E-state index contributed by atoms with van der Waals surface area (Å²) in [6.07, 6.45) is 1.30. The van der Waals surface area contributed by atoms with E-state index in [2.05, 4.69) is 4.90 Å². The third-order valence-electron chi connectivity index (χ3n) is 4.31. The molecule has 0 bridgehead atoms. The quantitative estimate of drug-likeness (QED) is 0.844. The van der Waals surface area contributed by atoms with Crippen molar-refractivity contribution in [2.75, 3.05) is 31.1 Å². The van der Waals surface area contributed by atoms with E-state index in [0.29, 0.717) is 18.0 Å². The van der Waals surface area contributed by atoms with Crippen molar-refractivity contribution in [1.29, 1.82) is 0 Å². The molecule has 0 atom stereocenters. The molecule has 1 saturated heterocycles. The van der Waals surface area contributed by atoms with Gasteiger partial charge in [0.25, 0.3) is 0 Å². The molecule has 1 aliphatic rings. The lowest BCUT2D eigenvalue weighted by atomic mass is 10.1. The van der Waals surface area contributed by atoms with Gasteiger partial charge >= 0.3 is 0 Å². The molecule has 0 spiro atoms. The summed E-state index contributed by atoms with van der Waals surface area (Å²) in [7, 11) is 0. The first-order valence-corrected chi connectivity index (χ1v) is 8.52. The minimum absolute atomic E-state index is 0.137. The van der Waals surface area contributed by atoms with Crippen LogP contribution in [0.4, 0.5) is 10.1 Å². The van der Waals surface area contributed by atoms with E-state index in [-0.39, 0.29) is 11.7 Å². The van der Waals surface area contributed by atoms with Gasteiger partial charge in [-0.15, -0.1) is 0 Å². The number of hydrogen-bond acceptors (Lipinski definition) is 2. The van der Waals surface area contributed by atoms with Gasteiger partial charge in [0.15, 0.2) is 0 Å². The number of hydrogen-bond donors (Lipinski definition) is 0. The Labute approximate surface area is 146 Å². The van der Waals surface area contributed by atoms with E-state index in [1.165, 1.54) is 12.1 Å². The summed E-state index contributed by atoms with van der Waals surface area (Å²) in [6.45, 7) is 3.07. The molecule has 2 aromatic carbocycles. The van der Waals surface area contributed by atoms with Crippen molar-refractivity contribution in [3.8, 4) is 0 Å². The molecule has 3 rings (SSSR count). The average Bonchev–Trinajstić information content (AvgIpc) is 2.84. The summed E-state index contributed by atoms with van der Waals surface area (Å²) < 4.78 is 13.1. The lowest BCUT2D eigenvalue weighted by molar-refractivity contribution is -0.130. The Morgan fingerprint density at radius 1 is 0.958 bits per heavy atom. The van der Waals surface area contributed by atoms with Crippen LogP contribution in [0.1, 0.15) is 12.0 Å². The monoisotopic (exact) mass is 346 g/mol. The van der Waals surface area contributed by atoms with Crippen LogP contribution >= 0.6 is 11.6 Å². The second-order valence-electron chi connectivity index (χ2n) is 6.00. The molecule has 1 fully saturated rings. The molecule has 0 aromatic heterocycles. The fourth-order valence-electron chi connectivity index (χ4n) is 2.97. The summed E-state index contributed by atoms with van der Waals surface area (Å²) >= 11 is 5.88. The molecule has 1 aliphatic heterocycles. The zero-order valence-electron chi connectivity index (χ0n) is 13.4. The zero-order chi connectivity index (χ0) is 16.9. The van der Waals surface area contributed by atoms with Crippen molar-refractivity contribution in [2.24, 2.45) is 0 Å². The highest BCUT2D eigenvalue weighted by molar-refractivity contribution is 6.30. The van der Waals surface area contributed by atoms with Gasteiger partial charge in [0.05, 0.1) is 6.42 Å². The van der Waals surface area contributed by atoms with E-state index in [4.69, 9.17) is 11.6 Å². The van der Waals surface area contributed by atoms with Crippen molar-refractivity contribution in [1.82, 2.24) is 4.90 Å². The number of nitrogens with zero attached hydrogens (tertiary/aromatic N) is 2. The summed E-state index contributed by atoms with van der Waals surface area (Å²) in [5, 5.41) is 0.677. The Morgan fingerprint density at radius 2 is 1.67 bits per heavy atom. The molecule has 0 aliphatic carbocycles. The van der Waals surface area contributed by atoms with E-state index in [1.54, 1.807) is 12.1 Å². The van der Waals surface area contributed by atoms with Crippen LogP contribution in [0.15, 0.2) is 48.5 Å². The maximum absolute atomic E-state index is 13.1. The third kappa shape index (κ3) is 4.26. The minimum Gasteiger partial charge on any atom is -0.370 e. The summed E-state index contributed by atoms with van der Waals surface area (Å²) in [4.78, 5) is 16.6. The Hall–Kier alpha value is -2.07. The van der Waals surface area contributed by atoms with Crippen LogP contribution in [0.2, 0.25) is 5.02 Å². The van der Waals surface area contributed by atoms with Gasteiger partial charge < -0.3 is 9.80 Å². The van der Waals surface area contributed by atoms with Gasteiger partial charge in [-0.25, -0.2) is 4.39 Å². The molecule has 3 nitrogen and oxygen atoms in total. The topological polar surface area (TPSA) is 23.6 Å². The molecule has 2 aromatic rings. The largest absolute Gasteiger partial charge is 0.370 e. The lowest BCUT2D eigenvalue weighted by Gasteiger charge is -2.23. The summed E-state index contributed by atoms with van der Waals surface area (Å²) in [5.41, 5.74) is 1.98. The fourth-order valence-corrected chi connectivity index (χ4v) is 3.09. The van der Waals surface area contributed by atoms with Gasteiger partial charge in [0, 0.05) is 36.9 Å². The predicted octanol–water partition coefficient (Wildman–Crippen LogP) is 3.76. The smallest absolute Gasteiger partial charge is 0.227 e. The van der Waals surface area contributed by atoms with E-state index < -0.39 is 0 Å². The Bertz CT molecular complexity index is 688. The highest BCUT2D eigenvalue weighted by atomic mass is 35.5. The number of carbonyl (C=O) groups excluding carboxylic acids is 1. The molecule has 0 saturated carbocycles. The van der Waals surface area contributed by atoms with Crippen LogP contribution in [-0.2, 0) is 11.2 Å². The van der Waals surface area contributed by atoms with Crippen LogP contribution in [0.25, 0.3) is 0 Å². The first-order chi connectivity index (χ1) is 11.6. The molecule has 126 valence electrons. The second kappa shape index (κ2) is 7.67. The van der Waals surface area contributed by atoms with Crippen molar-refractivity contribution < 1.29 is 9.18 Å². The second-order valence-corrected chi connectivity index (χ2v) is 6.44. The normalized spacial score (nSPS) is 15.2. The molecule has 24 heavy (non-hydrogen) atoms. The highest BCUT2D eigenvalue weighted by Gasteiger charge is 2.19. The van der Waals surface area contributed by atoms with Crippen LogP contribution in [0, 0.1) is 5.82 Å². The number of halogens is 2. The lowest BCUT2D eigenvalue weighted by Crippen LogP contribution is -2.36. The molecule has 5 heteroatoms. The zero-order valence-corrected chi connectivity index (χ0v) is 14.2. The van der Waals surface area contributed by atoms with Gasteiger partial charge in [-0.1, -0.05) is 23.7 Å². The van der Waals surface area contributed by atoms with Crippen molar-refractivity contribution in [2.45, 2.75) is 12.8 Å². The number of carbonyl (C=O) groups is 1. The van der Waals surface area contributed by atoms with E-state index in [9.17, 15) is 9.18 Å². The van der Waals surface area contributed by atoms with Crippen molar-refractivity contribution >= 4 is 23.2 Å². The van der Waals surface area contributed by atoms with Crippen molar-refractivity contribution in [3.05, 3.63) is 64.9 Å². The van der Waals surface area contributed by atoms with Gasteiger partial charge in [-0.2, -0.15) is 0 Å². The molecular formula is C19H20ClFN2O. The van der Waals surface area contributed by atoms with E-state index >= 15 is 0 Å². The SMILES string of the molecule is O=C(Cc1ccc(Cl)cc1)N1CCCN(c2ccc(F)cc2)CC1. The molecule has 1 heterocycles. The molecule has 0 radical (unpaired) electrons. The molecular weight excluding hydrogens is 327 g/mol. The van der Waals surface area contributed by atoms with Crippen molar-refractivity contribution in [3.63, 3.8) is 0 Å². The van der Waals surface area contributed by atoms with Gasteiger partial charge in [0.1, 0.15) is 5.82 Å². The molecule has 1 amide bonds. The number of amides is 1. The molecule has 0 N–H and O–H groups in total. The maximum atomic E-state index is 13.1. The minimum atomic E-state index is -0.228. The van der Waals surface area contributed by atoms with E-state index in [1.807, 2.05) is 29.2 Å².